The second kappa shape index (κ2) is 7.25. The monoisotopic (exact) mass is 376 g/mol. The van der Waals surface area contributed by atoms with Crippen molar-refractivity contribution in [2.45, 2.75) is 19.9 Å². The number of amides is 1. The summed E-state index contributed by atoms with van der Waals surface area (Å²) in [4.78, 5) is 12.5. The lowest BCUT2D eigenvalue weighted by Gasteiger charge is -2.15. The zero-order chi connectivity index (χ0) is 18.7. The van der Waals surface area contributed by atoms with Gasteiger partial charge in [0.05, 0.1) is 11.8 Å². The summed E-state index contributed by atoms with van der Waals surface area (Å²) in [6.07, 6.45) is 0. The van der Waals surface area contributed by atoms with Crippen LogP contribution in [0.2, 0.25) is 0 Å². The fourth-order valence-electron chi connectivity index (χ4n) is 2.52. The first-order valence-electron chi connectivity index (χ1n) is 8.19. The van der Waals surface area contributed by atoms with Crippen LogP contribution in [0.15, 0.2) is 42.5 Å². The molecule has 0 saturated heterocycles. The van der Waals surface area contributed by atoms with Gasteiger partial charge in [-0.3, -0.25) is 9.52 Å². The highest BCUT2D eigenvalue weighted by molar-refractivity contribution is 7.92. The van der Waals surface area contributed by atoms with Crippen molar-refractivity contribution in [2.24, 2.45) is 0 Å². The molecule has 0 spiro atoms. The Morgan fingerprint density at radius 2 is 1.92 bits per heavy atom. The van der Waals surface area contributed by atoms with Crippen molar-refractivity contribution in [3.8, 4) is 11.5 Å². The minimum Gasteiger partial charge on any atom is -0.454 e. The Hall–Kier alpha value is -2.74. The Bertz CT molecular complexity index is 927. The smallest absolute Gasteiger partial charge is 0.251 e. The molecule has 1 aliphatic rings. The van der Waals surface area contributed by atoms with Gasteiger partial charge in [0.15, 0.2) is 11.5 Å². The number of anilines is 1. The first-order valence-corrected chi connectivity index (χ1v) is 9.84. The highest BCUT2D eigenvalue weighted by Gasteiger charge is 2.18. The molecule has 0 radical (unpaired) electrons. The van der Waals surface area contributed by atoms with Crippen molar-refractivity contribution in [3.05, 3.63) is 53.6 Å². The van der Waals surface area contributed by atoms with Crippen LogP contribution in [0.25, 0.3) is 0 Å². The summed E-state index contributed by atoms with van der Waals surface area (Å²) in [5.41, 5.74) is 1.61. The predicted octanol–water partition coefficient (Wildman–Crippen LogP) is 2.67. The van der Waals surface area contributed by atoms with E-state index in [-0.39, 0.29) is 24.5 Å². The second-order valence-corrected chi connectivity index (χ2v) is 7.91. The lowest BCUT2D eigenvalue weighted by Crippen LogP contribution is -2.26. The molecule has 0 aromatic heterocycles. The van der Waals surface area contributed by atoms with E-state index in [0.717, 1.165) is 5.56 Å². The number of fused-ring (bicyclic) bond motifs is 1. The van der Waals surface area contributed by atoms with E-state index in [1.54, 1.807) is 31.2 Å². The Kier molecular flexibility index (Phi) is 5.03. The molecule has 0 bridgehead atoms. The fraction of sp³-hybridized carbons (Fsp3) is 0.278. The number of carbonyl (C=O) groups excluding carboxylic acids is 1. The van der Waals surface area contributed by atoms with Crippen molar-refractivity contribution >= 4 is 21.6 Å². The predicted molar refractivity (Wildman–Crippen MR) is 98.0 cm³/mol. The Morgan fingerprint density at radius 3 is 2.69 bits per heavy atom. The van der Waals surface area contributed by atoms with Crippen molar-refractivity contribution in [1.29, 1.82) is 0 Å². The first kappa shape index (κ1) is 18.1. The quantitative estimate of drug-likeness (QED) is 0.808. The Balaban J connectivity index is 1.71. The van der Waals surface area contributed by atoms with Crippen LogP contribution in [-0.4, -0.2) is 26.9 Å². The van der Waals surface area contributed by atoms with Gasteiger partial charge in [-0.1, -0.05) is 12.1 Å². The third-order valence-corrected chi connectivity index (χ3v) is 5.33. The van der Waals surface area contributed by atoms with Crippen molar-refractivity contribution < 1.29 is 22.7 Å². The van der Waals surface area contributed by atoms with Crippen LogP contribution in [-0.2, 0) is 10.0 Å². The van der Waals surface area contributed by atoms with Gasteiger partial charge in [-0.2, -0.15) is 0 Å². The molecule has 1 atom stereocenters. The summed E-state index contributed by atoms with van der Waals surface area (Å²) in [6.45, 7) is 3.60. The average molecular weight is 376 g/mol. The Morgan fingerprint density at radius 1 is 1.15 bits per heavy atom. The fourth-order valence-corrected chi connectivity index (χ4v) is 3.15. The third kappa shape index (κ3) is 4.08. The number of benzene rings is 2. The molecular weight excluding hydrogens is 356 g/mol. The molecule has 0 aliphatic carbocycles. The summed E-state index contributed by atoms with van der Waals surface area (Å²) >= 11 is 0. The number of carbonyl (C=O) groups is 1. The molecular formula is C18H20N2O5S. The highest BCUT2D eigenvalue weighted by atomic mass is 32.2. The Labute approximate surface area is 152 Å². The van der Waals surface area contributed by atoms with E-state index in [2.05, 4.69) is 10.0 Å². The summed E-state index contributed by atoms with van der Waals surface area (Å²) in [7, 11) is -3.39. The van der Waals surface area contributed by atoms with Crippen LogP contribution in [0.4, 0.5) is 5.69 Å². The molecule has 8 heteroatoms. The van der Waals surface area contributed by atoms with Crippen LogP contribution >= 0.6 is 0 Å². The molecule has 26 heavy (non-hydrogen) atoms. The number of hydrogen-bond acceptors (Lipinski definition) is 5. The number of ether oxygens (including phenoxy) is 2. The number of nitrogens with one attached hydrogen (secondary N) is 2. The lowest BCUT2D eigenvalue weighted by molar-refractivity contribution is 0.0940. The van der Waals surface area contributed by atoms with Gasteiger partial charge >= 0.3 is 0 Å². The third-order valence-electron chi connectivity index (χ3n) is 4.02. The van der Waals surface area contributed by atoms with Gasteiger partial charge in [-0.05, 0) is 49.7 Å². The molecule has 138 valence electrons. The van der Waals surface area contributed by atoms with Gasteiger partial charge in [0.2, 0.25) is 16.8 Å². The second-order valence-electron chi connectivity index (χ2n) is 5.89. The van der Waals surface area contributed by atoms with Gasteiger partial charge < -0.3 is 14.8 Å². The molecule has 1 heterocycles. The summed E-state index contributed by atoms with van der Waals surface area (Å²) < 4.78 is 36.4. The molecule has 1 amide bonds. The molecule has 0 saturated carbocycles. The van der Waals surface area contributed by atoms with E-state index in [0.29, 0.717) is 22.7 Å². The van der Waals surface area contributed by atoms with Gasteiger partial charge in [0.25, 0.3) is 5.91 Å². The maximum atomic E-state index is 12.5. The molecule has 2 aromatic rings. The van der Waals surface area contributed by atoms with Gasteiger partial charge in [0, 0.05) is 11.3 Å². The normalized spacial score (nSPS) is 13.9. The summed E-state index contributed by atoms with van der Waals surface area (Å²) in [5.74, 6) is 1.00. The molecule has 0 fully saturated rings. The highest BCUT2D eigenvalue weighted by Crippen LogP contribution is 2.34. The molecule has 1 unspecified atom stereocenters. The zero-order valence-electron chi connectivity index (χ0n) is 14.5. The van der Waals surface area contributed by atoms with Crippen molar-refractivity contribution in [2.75, 3.05) is 17.3 Å². The zero-order valence-corrected chi connectivity index (χ0v) is 15.3. The lowest BCUT2D eigenvalue weighted by atomic mass is 10.1. The van der Waals surface area contributed by atoms with E-state index in [1.165, 1.54) is 6.07 Å². The maximum absolute atomic E-state index is 12.5. The van der Waals surface area contributed by atoms with Gasteiger partial charge in [0.1, 0.15) is 0 Å². The SMILES string of the molecule is CCS(=O)(=O)Nc1cccc(C(=O)NC(C)c2ccc3c(c2)OCO3)c1. The van der Waals surface area contributed by atoms with E-state index < -0.39 is 10.0 Å². The van der Waals surface area contributed by atoms with Crippen molar-refractivity contribution in [1.82, 2.24) is 5.32 Å². The van der Waals surface area contributed by atoms with Crippen molar-refractivity contribution in [3.63, 3.8) is 0 Å². The van der Waals surface area contributed by atoms with E-state index in [1.807, 2.05) is 19.1 Å². The summed E-state index contributed by atoms with van der Waals surface area (Å²) in [6, 6.07) is 11.6. The molecule has 2 aromatic carbocycles. The van der Waals surface area contributed by atoms with E-state index in [4.69, 9.17) is 9.47 Å². The van der Waals surface area contributed by atoms with E-state index >= 15 is 0 Å². The van der Waals surface area contributed by atoms with Crippen LogP contribution in [0.1, 0.15) is 35.8 Å². The van der Waals surface area contributed by atoms with Gasteiger partial charge in [-0.25, -0.2) is 8.42 Å². The molecule has 3 rings (SSSR count). The van der Waals surface area contributed by atoms with Crippen LogP contribution in [0, 0.1) is 0 Å². The summed E-state index contributed by atoms with van der Waals surface area (Å²) in [5, 5.41) is 2.90. The van der Waals surface area contributed by atoms with Gasteiger partial charge in [-0.15, -0.1) is 0 Å². The van der Waals surface area contributed by atoms with Crippen LogP contribution in [0.3, 0.4) is 0 Å². The number of hydrogen-bond donors (Lipinski definition) is 2. The largest absolute Gasteiger partial charge is 0.454 e. The molecule has 1 aliphatic heterocycles. The average Bonchev–Trinajstić information content (AvgIpc) is 3.09. The van der Waals surface area contributed by atoms with E-state index in [9.17, 15) is 13.2 Å². The topological polar surface area (TPSA) is 93.7 Å². The molecule has 7 nitrogen and oxygen atoms in total. The molecule has 2 N–H and O–H groups in total. The standard InChI is InChI=1S/C18H20N2O5S/c1-3-26(22,23)20-15-6-4-5-14(9-15)18(21)19-12(2)13-7-8-16-17(10-13)25-11-24-16/h4-10,12,20H,3,11H2,1-2H3,(H,19,21). The van der Waals surface area contributed by atoms with Crippen LogP contribution < -0.4 is 19.5 Å². The minimum absolute atomic E-state index is 0.0371. The maximum Gasteiger partial charge on any atom is 0.251 e. The number of sulfonamides is 1. The minimum atomic E-state index is -3.39. The van der Waals surface area contributed by atoms with Crippen LogP contribution in [0.5, 0.6) is 11.5 Å². The first-order chi connectivity index (χ1) is 12.4. The number of rotatable bonds is 6.